The fraction of sp³-hybridized carbons (Fsp3) is 0.667. The van der Waals surface area contributed by atoms with Crippen molar-refractivity contribution in [2.75, 3.05) is 0 Å². The van der Waals surface area contributed by atoms with Crippen LogP contribution < -0.4 is 0 Å². The molecule has 1 aromatic rings. The molecule has 2 aliphatic carbocycles. The van der Waals surface area contributed by atoms with Gasteiger partial charge in [0.05, 0.1) is 0 Å². The number of hydrogen-bond donors (Lipinski definition) is 0. The molecular formula is C18H26. The lowest BCUT2D eigenvalue weighted by atomic mass is 9.86. The number of aryl methyl sites for hydroxylation is 3. The average Bonchev–Trinajstić information content (AvgIpc) is 3.10. The van der Waals surface area contributed by atoms with Gasteiger partial charge in [-0.1, -0.05) is 31.0 Å². The van der Waals surface area contributed by atoms with E-state index in [0.29, 0.717) is 0 Å². The van der Waals surface area contributed by atoms with Crippen molar-refractivity contribution in [2.45, 2.75) is 58.8 Å². The third kappa shape index (κ3) is 2.63. The zero-order valence-corrected chi connectivity index (χ0v) is 11.9. The average molecular weight is 242 g/mol. The summed E-state index contributed by atoms with van der Waals surface area (Å²) in [6.07, 6.45) is 10.3. The van der Waals surface area contributed by atoms with E-state index >= 15 is 0 Å². The molecule has 0 amide bonds. The van der Waals surface area contributed by atoms with Crippen LogP contribution in [0.5, 0.6) is 0 Å². The van der Waals surface area contributed by atoms with E-state index in [-0.39, 0.29) is 0 Å². The molecule has 0 spiro atoms. The number of hydrogen-bond acceptors (Lipinski definition) is 0. The summed E-state index contributed by atoms with van der Waals surface area (Å²) in [5.74, 6) is 3.26. The lowest BCUT2D eigenvalue weighted by molar-refractivity contribution is 0.327. The Kier molecular flexibility index (Phi) is 3.46. The summed E-state index contributed by atoms with van der Waals surface area (Å²) in [5, 5.41) is 0. The molecule has 0 radical (unpaired) electrons. The zero-order valence-electron chi connectivity index (χ0n) is 11.9. The van der Waals surface area contributed by atoms with Gasteiger partial charge in [0.25, 0.3) is 0 Å². The largest absolute Gasteiger partial charge is 0.0588 e. The second-order valence-electron chi connectivity index (χ2n) is 6.65. The Bertz CT molecular complexity index is 414. The first-order chi connectivity index (χ1) is 8.74. The molecule has 0 heteroatoms. The van der Waals surface area contributed by atoms with Crippen molar-refractivity contribution in [1.29, 1.82) is 0 Å². The van der Waals surface area contributed by atoms with Crippen molar-refractivity contribution in [3.63, 3.8) is 0 Å². The Balaban J connectivity index is 1.58. The van der Waals surface area contributed by atoms with E-state index < -0.39 is 0 Å². The van der Waals surface area contributed by atoms with Gasteiger partial charge in [-0.15, -0.1) is 0 Å². The van der Waals surface area contributed by atoms with E-state index in [9.17, 15) is 0 Å². The molecule has 2 saturated carbocycles. The Morgan fingerprint density at radius 1 is 1.00 bits per heavy atom. The zero-order chi connectivity index (χ0) is 12.5. The molecule has 0 heterocycles. The molecule has 98 valence electrons. The maximum absolute atomic E-state index is 2.40. The Hall–Kier alpha value is -0.780. The normalized spacial score (nSPS) is 27.7. The molecule has 0 aliphatic heterocycles. The number of rotatable bonds is 4. The van der Waals surface area contributed by atoms with Crippen molar-refractivity contribution in [2.24, 2.45) is 17.8 Å². The van der Waals surface area contributed by atoms with Crippen LogP contribution in [-0.2, 0) is 6.42 Å². The second-order valence-corrected chi connectivity index (χ2v) is 6.65. The van der Waals surface area contributed by atoms with Crippen molar-refractivity contribution in [1.82, 2.24) is 0 Å². The van der Waals surface area contributed by atoms with Gasteiger partial charge in [0.15, 0.2) is 0 Å². The van der Waals surface area contributed by atoms with E-state index in [0.717, 1.165) is 17.8 Å². The molecule has 18 heavy (non-hydrogen) atoms. The predicted molar refractivity (Wildman–Crippen MR) is 77.8 cm³/mol. The van der Waals surface area contributed by atoms with Gasteiger partial charge in [0.2, 0.25) is 0 Å². The van der Waals surface area contributed by atoms with Crippen LogP contribution in [0.2, 0.25) is 0 Å². The van der Waals surface area contributed by atoms with Crippen molar-refractivity contribution >= 4 is 0 Å². The van der Waals surface area contributed by atoms with Gasteiger partial charge in [-0.2, -0.15) is 0 Å². The molecule has 2 fully saturated rings. The van der Waals surface area contributed by atoms with Crippen LogP contribution in [0.1, 0.15) is 55.2 Å². The Morgan fingerprint density at radius 3 is 2.56 bits per heavy atom. The quantitative estimate of drug-likeness (QED) is 0.692. The summed E-state index contributed by atoms with van der Waals surface area (Å²) in [7, 11) is 0. The molecule has 2 aliphatic rings. The van der Waals surface area contributed by atoms with Crippen LogP contribution in [-0.4, -0.2) is 0 Å². The van der Waals surface area contributed by atoms with Crippen LogP contribution in [0.3, 0.4) is 0 Å². The summed E-state index contributed by atoms with van der Waals surface area (Å²) >= 11 is 0. The van der Waals surface area contributed by atoms with E-state index in [1.54, 1.807) is 5.56 Å². The standard InChI is InChI=1S/C18H26/c1-13-6-7-15(12-14(13)2)8-9-16-4-3-5-18(16)17-10-11-17/h6-7,12,16-18H,3-5,8-11H2,1-2H3. The molecule has 0 nitrogen and oxygen atoms in total. The molecule has 2 unspecified atom stereocenters. The molecule has 2 atom stereocenters. The van der Waals surface area contributed by atoms with Crippen LogP contribution in [0.15, 0.2) is 18.2 Å². The highest BCUT2D eigenvalue weighted by atomic mass is 14.4. The molecule has 0 aromatic heterocycles. The lowest BCUT2D eigenvalue weighted by Crippen LogP contribution is -2.11. The molecular weight excluding hydrogens is 216 g/mol. The first-order valence-electron chi connectivity index (χ1n) is 7.80. The highest BCUT2D eigenvalue weighted by Crippen LogP contribution is 2.49. The van der Waals surface area contributed by atoms with Gasteiger partial charge < -0.3 is 0 Å². The van der Waals surface area contributed by atoms with E-state index in [1.807, 2.05) is 0 Å². The third-order valence-corrected chi connectivity index (χ3v) is 5.32. The minimum atomic E-state index is 1.04. The Morgan fingerprint density at radius 2 is 1.83 bits per heavy atom. The van der Waals surface area contributed by atoms with Gasteiger partial charge in [-0.05, 0) is 80.4 Å². The van der Waals surface area contributed by atoms with Gasteiger partial charge in [0.1, 0.15) is 0 Å². The fourth-order valence-electron chi connectivity index (χ4n) is 3.88. The van der Waals surface area contributed by atoms with E-state index in [1.165, 1.54) is 56.1 Å². The lowest BCUT2D eigenvalue weighted by Gasteiger charge is -2.19. The summed E-state index contributed by atoms with van der Waals surface area (Å²) < 4.78 is 0. The Labute approximate surface area is 112 Å². The summed E-state index contributed by atoms with van der Waals surface area (Å²) in [6.45, 7) is 4.45. The maximum atomic E-state index is 2.40. The third-order valence-electron chi connectivity index (χ3n) is 5.32. The summed E-state index contributed by atoms with van der Waals surface area (Å²) in [6, 6.07) is 7.03. The molecule has 1 aromatic carbocycles. The highest BCUT2D eigenvalue weighted by molar-refractivity contribution is 5.29. The van der Waals surface area contributed by atoms with Crippen molar-refractivity contribution in [3.8, 4) is 0 Å². The van der Waals surface area contributed by atoms with E-state index in [2.05, 4.69) is 32.0 Å². The van der Waals surface area contributed by atoms with Gasteiger partial charge in [-0.25, -0.2) is 0 Å². The second kappa shape index (κ2) is 5.07. The van der Waals surface area contributed by atoms with Crippen LogP contribution in [0, 0.1) is 31.6 Å². The minimum absolute atomic E-state index is 1.04. The van der Waals surface area contributed by atoms with Crippen LogP contribution >= 0.6 is 0 Å². The topological polar surface area (TPSA) is 0 Å². The molecule has 0 N–H and O–H groups in total. The first kappa shape index (κ1) is 12.3. The van der Waals surface area contributed by atoms with Crippen LogP contribution in [0.25, 0.3) is 0 Å². The number of benzene rings is 1. The van der Waals surface area contributed by atoms with Gasteiger partial charge in [0, 0.05) is 0 Å². The molecule has 0 saturated heterocycles. The van der Waals surface area contributed by atoms with Gasteiger partial charge >= 0.3 is 0 Å². The summed E-state index contributed by atoms with van der Waals surface area (Å²) in [4.78, 5) is 0. The maximum Gasteiger partial charge on any atom is -0.0276 e. The van der Waals surface area contributed by atoms with Crippen molar-refractivity contribution < 1.29 is 0 Å². The summed E-state index contributed by atoms with van der Waals surface area (Å²) in [5.41, 5.74) is 4.44. The molecule has 0 bridgehead atoms. The SMILES string of the molecule is Cc1ccc(CCC2CCCC2C2CC2)cc1C. The van der Waals surface area contributed by atoms with E-state index in [4.69, 9.17) is 0 Å². The fourth-order valence-corrected chi connectivity index (χ4v) is 3.88. The highest BCUT2D eigenvalue weighted by Gasteiger charge is 2.38. The predicted octanol–water partition coefficient (Wildman–Crippen LogP) is 5.06. The minimum Gasteiger partial charge on any atom is -0.0588 e. The first-order valence-corrected chi connectivity index (χ1v) is 7.80. The smallest absolute Gasteiger partial charge is 0.0276 e. The van der Waals surface area contributed by atoms with Crippen LogP contribution in [0.4, 0.5) is 0 Å². The monoisotopic (exact) mass is 242 g/mol. The van der Waals surface area contributed by atoms with Gasteiger partial charge in [-0.3, -0.25) is 0 Å². The molecule has 3 rings (SSSR count). The van der Waals surface area contributed by atoms with Crippen molar-refractivity contribution in [3.05, 3.63) is 34.9 Å².